The summed E-state index contributed by atoms with van der Waals surface area (Å²) in [6.07, 6.45) is 0.284. The lowest BCUT2D eigenvalue weighted by Gasteiger charge is -2.37. The van der Waals surface area contributed by atoms with Crippen molar-refractivity contribution in [2.75, 3.05) is 28.4 Å². The predicted molar refractivity (Wildman–Crippen MR) is 98.7 cm³/mol. The van der Waals surface area contributed by atoms with Crippen LogP contribution in [0.4, 0.5) is 0 Å². The second-order valence-electron chi connectivity index (χ2n) is 6.29. The van der Waals surface area contributed by atoms with Crippen LogP contribution >= 0.6 is 0 Å². The molecule has 2 aromatic carbocycles. The Morgan fingerprint density at radius 2 is 1.69 bits per heavy atom. The molecule has 0 saturated heterocycles. The maximum absolute atomic E-state index is 6.17. The Kier molecular flexibility index (Phi) is 6.14. The molecule has 0 amide bonds. The molecule has 26 heavy (non-hydrogen) atoms. The summed E-state index contributed by atoms with van der Waals surface area (Å²) in [7, 11) is 6.74. The van der Waals surface area contributed by atoms with Crippen LogP contribution in [0.2, 0.25) is 0 Å². The van der Waals surface area contributed by atoms with Crippen molar-refractivity contribution in [3.05, 3.63) is 59.2 Å². The van der Waals surface area contributed by atoms with E-state index < -0.39 is 0 Å². The fourth-order valence-corrected chi connectivity index (χ4v) is 3.54. The molecule has 0 bridgehead atoms. The highest BCUT2D eigenvalue weighted by atomic mass is 16.5. The van der Waals surface area contributed by atoms with Gasteiger partial charge < -0.3 is 23.7 Å². The van der Waals surface area contributed by atoms with Crippen LogP contribution in [-0.2, 0) is 20.8 Å². The Labute approximate surface area is 154 Å². The molecule has 0 saturated carbocycles. The summed E-state index contributed by atoms with van der Waals surface area (Å²) in [6.45, 7) is 0.474. The quantitative estimate of drug-likeness (QED) is 0.747. The second-order valence-corrected chi connectivity index (χ2v) is 6.29. The van der Waals surface area contributed by atoms with Crippen LogP contribution in [0.15, 0.2) is 42.5 Å². The minimum atomic E-state index is -0.199. The highest BCUT2D eigenvalue weighted by Gasteiger charge is 2.38. The summed E-state index contributed by atoms with van der Waals surface area (Å²) in [5.41, 5.74) is 3.09. The number of ether oxygens (including phenoxy) is 5. The van der Waals surface area contributed by atoms with Crippen molar-refractivity contribution in [3.63, 3.8) is 0 Å². The van der Waals surface area contributed by atoms with E-state index in [4.69, 9.17) is 23.7 Å². The fraction of sp³-hybridized carbons (Fsp3) is 0.429. The highest BCUT2D eigenvalue weighted by Crippen LogP contribution is 2.47. The van der Waals surface area contributed by atoms with Crippen molar-refractivity contribution >= 4 is 0 Å². The van der Waals surface area contributed by atoms with Gasteiger partial charge in [-0.25, -0.2) is 0 Å². The lowest BCUT2D eigenvalue weighted by molar-refractivity contribution is -0.0783. The maximum atomic E-state index is 6.17. The third kappa shape index (κ3) is 3.70. The summed E-state index contributed by atoms with van der Waals surface area (Å²) >= 11 is 0. The molecule has 1 aliphatic rings. The fourth-order valence-electron chi connectivity index (χ4n) is 3.54. The van der Waals surface area contributed by atoms with Crippen molar-refractivity contribution in [1.82, 2.24) is 0 Å². The molecular weight excluding hydrogens is 332 g/mol. The number of methoxy groups -OCH3 is 4. The van der Waals surface area contributed by atoms with Crippen LogP contribution < -0.4 is 9.47 Å². The van der Waals surface area contributed by atoms with Gasteiger partial charge in [0.05, 0.1) is 19.3 Å². The Morgan fingerprint density at radius 1 is 0.923 bits per heavy atom. The van der Waals surface area contributed by atoms with Crippen LogP contribution in [0.25, 0.3) is 0 Å². The van der Waals surface area contributed by atoms with Gasteiger partial charge in [0.2, 0.25) is 0 Å². The molecule has 5 heteroatoms. The van der Waals surface area contributed by atoms with Crippen molar-refractivity contribution in [2.45, 2.75) is 31.3 Å². The van der Waals surface area contributed by atoms with Crippen LogP contribution in [0.1, 0.15) is 35.3 Å². The van der Waals surface area contributed by atoms with Gasteiger partial charge in [0.1, 0.15) is 24.2 Å². The largest absolute Gasteiger partial charge is 0.497 e. The van der Waals surface area contributed by atoms with Crippen LogP contribution in [0.5, 0.6) is 11.5 Å². The molecule has 3 atom stereocenters. The molecule has 5 nitrogen and oxygen atoms in total. The van der Waals surface area contributed by atoms with E-state index in [2.05, 4.69) is 0 Å². The Balaban J connectivity index is 2.01. The number of hydrogen-bond acceptors (Lipinski definition) is 5. The van der Waals surface area contributed by atoms with Gasteiger partial charge in [0.15, 0.2) is 0 Å². The third-order valence-electron chi connectivity index (χ3n) is 4.87. The molecule has 0 radical (unpaired) electrons. The normalized spacial score (nSPS) is 21.9. The van der Waals surface area contributed by atoms with Crippen molar-refractivity contribution in [3.8, 4) is 11.5 Å². The molecular formula is C21H26O5. The van der Waals surface area contributed by atoms with Gasteiger partial charge in [-0.15, -0.1) is 0 Å². The van der Waals surface area contributed by atoms with E-state index in [9.17, 15) is 0 Å². The molecule has 140 valence electrons. The average Bonchev–Trinajstić information content (AvgIpc) is 2.70. The van der Waals surface area contributed by atoms with Gasteiger partial charge >= 0.3 is 0 Å². The molecule has 0 N–H and O–H groups in total. The zero-order chi connectivity index (χ0) is 18.5. The minimum Gasteiger partial charge on any atom is -0.497 e. The molecule has 3 rings (SSSR count). The molecule has 0 fully saturated rings. The van der Waals surface area contributed by atoms with Gasteiger partial charge in [-0.1, -0.05) is 30.3 Å². The van der Waals surface area contributed by atoms with Crippen LogP contribution in [0.3, 0.4) is 0 Å². The topological polar surface area (TPSA) is 46.2 Å². The summed E-state index contributed by atoms with van der Waals surface area (Å²) in [5.74, 6) is 1.48. The summed E-state index contributed by atoms with van der Waals surface area (Å²) in [4.78, 5) is 0. The first-order chi connectivity index (χ1) is 12.7. The Bertz CT molecular complexity index is 716. The predicted octanol–water partition coefficient (Wildman–Crippen LogP) is 4.07. The molecule has 0 aromatic heterocycles. The summed E-state index contributed by atoms with van der Waals surface area (Å²) in [5, 5.41) is 0. The van der Waals surface area contributed by atoms with Crippen molar-refractivity contribution in [2.24, 2.45) is 0 Å². The first kappa shape index (κ1) is 18.7. The third-order valence-corrected chi connectivity index (χ3v) is 4.87. The van der Waals surface area contributed by atoms with E-state index >= 15 is 0 Å². The molecule has 2 aromatic rings. The number of rotatable bonds is 7. The van der Waals surface area contributed by atoms with Gasteiger partial charge in [0.25, 0.3) is 0 Å². The molecule has 0 spiro atoms. The molecule has 0 heterocycles. The number of fused-ring (bicyclic) bond motifs is 1. The van der Waals surface area contributed by atoms with E-state index in [1.807, 2.05) is 42.5 Å². The van der Waals surface area contributed by atoms with Gasteiger partial charge in [-0.2, -0.15) is 0 Å². The second kappa shape index (κ2) is 8.54. The highest BCUT2D eigenvalue weighted by molar-refractivity contribution is 5.51. The van der Waals surface area contributed by atoms with Crippen LogP contribution in [0, 0.1) is 0 Å². The van der Waals surface area contributed by atoms with Gasteiger partial charge in [0, 0.05) is 39.4 Å². The standard InChI is InChI=1S/C21H26O5/c1-22-15-10-16-20(17(23-2)12-19(24-3)21(16)25-4)18(11-15)26-13-14-8-6-5-7-9-14/h5-11,17,19,21H,12-13H2,1-4H3. The Hall–Kier alpha value is -2.08. The summed E-state index contributed by atoms with van der Waals surface area (Å²) < 4.78 is 28.8. The smallest absolute Gasteiger partial charge is 0.129 e. The van der Waals surface area contributed by atoms with Gasteiger partial charge in [-0.05, 0) is 17.2 Å². The SMILES string of the molecule is COc1cc(OCc2ccccc2)c2c(c1)C(OC)C(OC)CC2OC. The van der Waals surface area contributed by atoms with Crippen molar-refractivity contribution < 1.29 is 23.7 Å². The van der Waals surface area contributed by atoms with E-state index in [-0.39, 0.29) is 18.3 Å². The molecule has 1 aliphatic carbocycles. The molecule has 0 aliphatic heterocycles. The average molecular weight is 358 g/mol. The van der Waals surface area contributed by atoms with E-state index in [1.165, 1.54) is 0 Å². The van der Waals surface area contributed by atoms with Crippen molar-refractivity contribution in [1.29, 1.82) is 0 Å². The molecule has 3 unspecified atom stereocenters. The lowest BCUT2D eigenvalue weighted by atomic mass is 9.84. The zero-order valence-corrected chi connectivity index (χ0v) is 15.7. The maximum Gasteiger partial charge on any atom is 0.129 e. The van der Waals surface area contributed by atoms with E-state index in [0.29, 0.717) is 13.0 Å². The van der Waals surface area contributed by atoms with E-state index in [0.717, 1.165) is 28.2 Å². The lowest BCUT2D eigenvalue weighted by Crippen LogP contribution is -2.32. The number of hydrogen-bond donors (Lipinski definition) is 0. The zero-order valence-electron chi connectivity index (χ0n) is 15.7. The Morgan fingerprint density at radius 3 is 2.31 bits per heavy atom. The van der Waals surface area contributed by atoms with E-state index in [1.54, 1.807) is 28.4 Å². The summed E-state index contributed by atoms with van der Waals surface area (Å²) in [6, 6.07) is 14.0. The minimum absolute atomic E-state index is 0.0912. The van der Waals surface area contributed by atoms with Crippen LogP contribution in [-0.4, -0.2) is 34.5 Å². The monoisotopic (exact) mass is 358 g/mol. The first-order valence-electron chi connectivity index (χ1n) is 8.68. The first-order valence-corrected chi connectivity index (χ1v) is 8.68. The van der Waals surface area contributed by atoms with Gasteiger partial charge in [-0.3, -0.25) is 0 Å². The number of benzene rings is 2.